The van der Waals surface area contributed by atoms with Gasteiger partial charge in [-0.25, -0.2) is 18.2 Å². The fraction of sp³-hybridized carbons (Fsp3) is 0.222. The maximum absolute atomic E-state index is 13.6. The third kappa shape index (κ3) is 5.23. The van der Waals surface area contributed by atoms with Crippen LogP contribution in [0, 0.1) is 17.5 Å². The van der Waals surface area contributed by atoms with Crippen LogP contribution < -0.4 is 10.6 Å². The van der Waals surface area contributed by atoms with Crippen LogP contribution in [0.15, 0.2) is 47.5 Å². The van der Waals surface area contributed by atoms with Crippen molar-refractivity contribution in [1.82, 2.24) is 10.2 Å². The first kappa shape index (κ1) is 19.3. The summed E-state index contributed by atoms with van der Waals surface area (Å²) < 4.78 is 39.7. The fourth-order valence-electron chi connectivity index (χ4n) is 2.08. The molecule has 2 N–H and O–H groups in total. The van der Waals surface area contributed by atoms with Crippen molar-refractivity contribution >= 4 is 17.6 Å². The maximum Gasteiger partial charge on any atom is 0.243 e. The van der Waals surface area contributed by atoms with Crippen molar-refractivity contribution in [3.8, 4) is 0 Å². The highest BCUT2D eigenvalue weighted by Crippen LogP contribution is 2.19. The Morgan fingerprint density at radius 2 is 1.73 bits per heavy atom. The van der Waals surface area contributed by atoms with Crippen molar-refractivity contribution in [2.24, 2.45) is 4.99 Å². The lowest BCUT2D eigenvalue weighted by Gasteiger charge is -2.17. The van der Waals surface area contributed by atoms with Gasteiger partial charge in [0.1, 0.15) is 0 Å². The lowest BCUT2D eigenvalue weighted by molar-refractivity contribution is -0.115. The number of hydrogen-bond acceptors (Lipinski definition) is 2. The summed E-state index contributed by atoms with van der Waals surface area (Å²) in [5, 5.41) is 5.02. The van der Waals surface area contributed by atoms with Crippen molar-refractivity contribution in [3.05, 3.63) is 65.5 Å². The Bertz CT molecular complexity index is 795. The molecule has 0 saturated heterocycles. The summed E-state index contributed by atoms with van der Waals surface area (Å²) >= 11 is 0. The summed E-state index contributed by atoms with van der Waals surface area (Å²) in [6.45, 7) is 0.199. The van der Waals surface area contributed by atoms with Gasteiger partial charge < -0.3 is 15.5 Å². The number of hydrogen-bond donors (Lipinski definition) is 2. The molecule has 0 aliphatic rings. The van der Waals surface area contributed by atoms with Crippen LogP contribution in [0.1, 0.15) is 5.56 Å². The van der Waals surface area contributed by atoms with Crippen LogP contribution in [0.5, 0.6) is 0 Å². The van der Waals surface area contributed by atoms with Crippen molar-refractivity contribution in [2.75, 3.05) is 26.0 Å². The number of halogens is 3. The van der Waals surface area contributed by atoms with Crippen LogP contribution in [-0.4, -0.2) is 37.4 Å². The molecule has 0 atom stereocenters. The first-order valence-corrected chi connectivity index (χ1v) is 7.81. The predicted octanol–water partition coefficient (Wildman–Crippen LogP) is 2.75. The van der Waals surface area contributed by atoms with Crippen LogP contribution in [0.4, 0.5) is 18.9 Å². The largest absolute Gasteiger partial charge is 0.349 e. The van der Waals surface area contributed by atoms with Crippen molar-refractivity contribution in [3.63, 3.8) is 0 Å². The third-order valence-electron chi connectivity index (χ3n) is 3.39. The monoisotopic (exact) mass is 364 g/mol. The van der Waals surface area contributed by atoms with Crippen molar-refractivity contribution < 1.29 is 18.0 Å². The van der Waals surface area contributed by atoms with E-state index in [2.05, 4.69) is 15.6 Å². The van der Waals surface area contributed by atoms with E-state index >= 15 is 0 Å². The highest BCUT2D eigenvalue weighted by Gasteiger charge is 2.15. The number of amides is 1. The summed E-state index contributed by atoms with van der Waals surface area (Å²) in [5.41, 5.74) is 0.574. The number of carbonyl (C=O) groups is 1. The van der Waals surface area contributed by atoms with Gasteiger partial charge in [0.25, 0.3) is 0 Å². The summed E-state index contributed by atoms with van der Waals surface area (Å²) in [6, 6.07) is 11.3. The number of carbonyl (C=O) groups excluding carboxylic acids is 1. The minimum absolute atomic E-state index is 0.218. The van der Waals surface area contributed by atoms with Gasteiger partial charge in [0.05, 0.1) is 18.8 Å². The molecule has 0 radical (unpaired) electrons. The summed E-state index contributed by atoms with van der Waals surface area (Å²) in [6.07, 6.45) is 0. The topological polar surface area (TPSA) is 56.7 Å². The Balaban J connectivity index is 1.96. The first-order valence-electron chi connectivity index (χ1n) is 7.81. The molecule has 0 unspecified atom stereocenters. The molecule has 0 bridgehead atoms. The summed E-state index contributed by atoms with van der Waals surface area (Å²) in [5.74, 6) is -4.56. The van der Waals surface area contributed by atoms with Gasteiger partial charge in [-0.2, -0.15) is 0 Å². The Morgan fingerprint density at radius 3 is 2.38 bits per heavy atom. The zero-order valence-corrected chi connectivity index (χ0v) is 14.4. The molecular formula is C18H19F3N4O. The number of rotatable bonds is 5. The van der Waals surface area contributed by atoms with Gasteiger partial charge in [0.2, 0.25) is 5.91 Å². The van der Waals surface area contributed by atoms with Crippen molar-refractivity contribution in [2.45, 2.75) is 6.54 Å². The van der Waals surface area contributed by atoms with Gasteiger partial charge in [0.15, 0.2) is 23.4 Å². The fourth-order valence-corrected chi connectivity index (χ4v) is 2.08. The van der Waals surface area contributed by atoms with E-state index in [1.807, 2.05) is 30.3 Å². The number of nitrogens with one attached hydrogen (secondary N) is 2. The highest BCUT2D eigenvalue weighted by atomic mass is 19.2. The van der Waals surface area contributed by atoms with E-state index in [0.29, 0.717) is 12.5 Å². The smallest absolute Gasteiger partial charge is 0.243 e. The van der Waals surface area contributed by atoms with E-state index in [9.17, 15) is 18.0 Å². The summed E-state index contributed by atoms with van der Waals surface area (Å²) in [4.78, 5) is 18.0. The van der Waals surface area contributed by atoms with Gasteiger partial charge in [-0.15, -0.1) is 0 Å². The second kappa shape index (κ2) is 8.89. The SMILES string of the molecule is CN(C)C(=NCc1ccccc1)NCC(=O)Nc1ccc(F)c(F)c1F. The number of guanidine groups is 1. The van der Waals surface area contributed by atoms with Gasteiger partial charge in [-0.3, -0.25) is 4.79 Å². The van der Waals surface area contributed by atoms with Crippen LogP contribution in [0.3, 0.4) is 0 Å². The molecule has 0 fully saturated rings. The zero-order chi connectivity index (χ0) is 19.1. The molecule has 0 aliphatic heterocycles. The zero-order valence-electron chi connectivity index (χ0n) is 14.4. The molecule has 2 aromatic rings. The highest BCUT2D eigenvalue weighted by molar-refractivity contribution is 5.95. The molecule has 0 heterocycles. The number of anilines is 1. The standard InChI is InChI=1S/C18H19F3N4O/c1-25(2)18(22-10-12-6-4-3-5-7-12)23-11-15(26)24-14-9-8-13(19)16(20)17(14)21/h3-9H,10-11H2,1-2H3,(H,22,23)(H,24,26). The molecule has 138 valence electrons. The predicted molar refractivity (Wildman–Crippen MR) is 94.2 cm³/mol. The van der Waals surface area contributed by atoms with Crippen molar-refractivity contribution in [1.29, 1.82) is 0 Å². The Morgan fingerprint density at radius 1 is 1.04 bits per heavy atom. The molecule has 2 aromatic carbocycles. The lowest BCUT2D eigenvalue weighted by atomic mass is 10.2. The van der Waals surface area contributed by atoms with Crippen LogP contribution in [-0.2, 0) is 11.3 Å². The number of aliphatic imine (C=N–C) groups is 1. The molecule has 0 aromatic heterocycles. The normalized spacial score (nSPS) is 11.2. The van der Waals surface area contributed by atoms with E-state index in [0.717, 1.165) is 17.7 Å². The molecule has 1 amide bonds. The molecule has 5 nitrogen and oxygen atoms in total. The van der Waals surface area contributed by atoms with Gasteiger partial charge in [-0.1, -0.05) is 30.3 Å². The first-order chi connectivity index (χ1) is 12.4. The summed E-state index contributed by atoms with van der Waals surface area (Å²) in [7, 11) is 3.51. The minimum atomic E-state index is -1.63. The van der Waals surface area contributed by atoms with E-state index in [-0.39, 0.29) is 6.54 Å². The molecule has 0 spiro atoms. The van der Waals surface area contributed by atoms with E-state index in [4.69, 9.17) is 0 Å². The minimum Gasteiger partial charge on any atom is -0.349 e. The van der Waals surface area contributed by atoms with Gasteiger partial charge in [0, 0.05) is 14.1 Å². The van der Waals surface area contributed by atoms with Gasteiger partial charge in [-0.05, 0) is 17.7 Å². The molecule has 26 heavy (non-hydrogen) atoms. The Labute approximate surface area is 149 Å². The second-order valence-corrected chi connectivity index (χ2v) is 5.64. The Kier molecular flexibility index (Phi) is 6.60. The maximum atomic E-state index is 13.6. The lowest BCUT2D eigenvalue weighted by Crippen LogP contribution is -2.40. The van der Waals surface area contributed by atoms with E-state index in [1.165, 1.54) is 0 Å². The quantitative estimate of drug-likeness (QED) is 0.487. The molecule has 0 saturated carbocycles. The average molecular weight is 364 g/mol. The van der Waals surface area contributed by atoms with E-state index < -0.39 is 29.0 Å². The van der Waals surface area contributed by atoms with Crippen LogP contribution in [0.25, 0.3) is 0 Å². The third-order valence-corrected chi connectivity index (χ3v) is 3.39. The Hall–Kier alpha value is -3.03. The van der Waals surface area contributed by atoms with Crippen LogP contribution in [0.2, 0.25) is 0 Å². The molecule has 8 heteroatoms. The van der Waals surface area contributed by atoms with Gasteiger partial charge >= 0.3 is 0 Å². The molecule has 0 aliphatic carbocycles. The van der Waals surface area contributed by atoms with E-state index in [1.54, 1.807) is 19.0 Å². The molecular weight excluding hydrogens is 345 g/mol. The number of benzene rings is 2. The number of nitrogens with zero attached hydrogens (tertiary/aromatic N) is 2. The van der Waals surface area contributed by atoms with Crippen LogP contribution >= 0.6 is 0 Å². The molecule has 2 rings (SSSR count). The second-order valence-electron chi connectivity index (χ2n) is 5.64. The average Bonchev–Trinajstić information content (AvgIpc) is 2.62.